The van der Waals surface area contributed by atoms with Crippen LogP contribution < -0.4 is 5.32 Å². The molecule has 0 aliphatic carbocycles. The normalized spacial score (nSPS) is 12.6. The van der Waals surface area contributed by atoms with Gasteiger partial charge in [0.1, 0.15) is 5.82 Å². The van der Waals surface area contributed by atoms with Gasteiger partial charge < -0.3 is 10.4 Å². The maximum atomic E-state index is 13.4. The first kappa shape index (κ1) is 14.1. The second kappa shape index (κ2) is 8.20. The monoisotopic (exact) mass is 239 g/mol. The third kappa shape index (κ3) is 5.80. The van der Waals surface area contributed by atoms with Crippen molar-refractivity contribution in [1.82, 2.24) is 5.32 Å². The van der Waals surface area contributed by atoms with Crippen LogP contribution in [0.3, 0.4) is 0 Å². The van der Waals surface area contributed by atoms with Gasteiger partial charge >= 0.3 is 0 Å². The molecule has 1 aromatic rings. The lowest BCUT2D eigenvalue weighted by Gasteiger charge is -2.14. The minimum Gasteiger partial charge on any atom is -0.396 e. The van der Waals surface area contributed by atoms with Crippen molar-refractivity contribution in [1.29, 1.82) is 0 Å². The van der Waals surface area contributed by atoms with Crippen LogP contribution in [-0.4, -0.2) is 24.3 Å². The largest absolute Gasteiger partial charge is 0.396 e. The third-order valence-corrected chi connectivity index (χ3v) is 2.81. The van der Waals surface area contributed by atoms with E-state index in [2.05, 4.69) is 12.2 Å². The second-order valence-electron chi connectivity index (χ2n) is 4.43. The summed E-state index contributed by atoms with van der Waals surface area (Å²) in [6.07, 6.45) is 3.67. The summed E-state index contributed by atoms with van der Waals surface area (Å²) in [5.74, 6) is -0.124. The van der Waals surface area contributed by atoms with Crippen LogP contribution in [0, 0.1) is 5.82 Å². The molecule has 1 atom stereocenters. The van der Waals surface area contributed by atoms with Gasteiger partial charge in [-0.2, -0.15) is 0 Å². The fraction of sp³-hybridized carbons (Fsp3) is 0.571. The number of rotatable bonds is 8. The fourth-order valence-corrected chi connectivity index (χ4v) is 1.83. The van der Waals surface area contributed by atoms with E-state index in [9.17, 15) is 4.39 Å². The summed E-state index contributed by atoms with van der Waals surface area (Å²) in [6.45, 7) is 3.26. The minimum absolute atomic E-state index is 0.124. The molecule has 0 aromatic heterocycles. The summed E-state index contributed by atoms with van der Waals surface area (Å²) in [6, 6.07) is 7.20. The number of nitrogens with one attached hydrogen (secondary N) is 1. The Morgan fingerprint density at radius 3 is 2.71 bits per heavy atom. The van der Waals surface area contributed by atoms with Crippen LogP contribution >= 0.6 is 0 Å². The maximum Gasteiger partial charge on any atom is 0.126 e. The molecule has 0 heterocycles. The van der Waals surface area contributed by atoms with Crippen molar-refractivity contribution in [2.24, 2.45) is 0 Å². The Balaban J connectivity index is 2.21. The van der Waals surface area contributed by atoms with E-state index in [0.717, 1.165) is 31.4 Å². The number of aliphatic hydroxyl groups is 1. The van der Waals surface area contributed by atoms with Gasteiger partial charge in [-0.05, 0) is 50.8 Å². The highest BCUT2D eigenvalue weighted by molar-refractivity contribution is 5.18. The summed E-state index contributed by atoms with van der Waals surface area (Å²) in [4.78, 5) is 0. The Bertz CT molecular complexity index is 317. The quantitative estimate of drug-likeness (QED) is 0.683. The molecule has 0 bridgehead atoms. The summed E-state index contributed by atoms with van der Waals surface area (Å²) in [7, 11) is 0. The van der Waals surface area contributed by atoms with Gasteiger partial charge in [-0.1, -0.05) is 18.2 Å². The van der Waals surface area contributed by atoms with Gasteiger partial charge in [-0.25, -0.2) is 4.39 Å². The minimum atomic E-state index is -0.124. The van der Waals surface area contributed by atoms with Crippen molar-refractivity contribution in [3.8, 4) is 0 Å². The van der Waals surface area contributed by atoms with Gasteiger partial charge in [0, 0.05) is 12.6 Å². The molecule has 0 radical (unpaired) electrons. The van der Waals surface area contributed by atoms with Crippen molar-refractivity contribution in [2.45, 2.75) is 38.6 Å². The zero-order chi connectivity index (χ0) is 12.5. The number of hydrogen-bond acceptors (Lipinski definition) is 2. The first-order valence-corrected chi connectivity index (χ1v) is 6.31. The summed E-state index contributed by atoms with van der Waals surface area (Å²) in [5.41, 5.74) is 0.767. The molecule has 17 heavy (non-hydrogen) atoms. The van der Waals surface area contributed by atoms with Crippen molar-refractivity contribution < 1.29 is 9.50 Å². The number of halogens is 1. The first-order chi connectivity index (χ1) is 8.24. The molecular formula is C14H22FNO. The first-order valence-electron chi connectivity index (χ1n) is 6.31. The molecule has 1 aromatic carbocycles. The van der Waals surface area contributed by atoms with E-state index < -0.39 is 0 Å². The summed E-state index contributed by atoms with van der Waals surface area (Å²) in [5, 5.41) is 12.0. The molecule has 1 unspecified atom stereocenters. The van der Waals surface area contributed by atoms with Gasteiger partial charge in [0.2, 0.25) is 0 Å². The predicted octanol–water partition coefficient (Wildman–Crippen LogP) is 2.51. The van der Waals surface area contributed by atoms with Crippen LogP contribution in [0.2, 0.25) is 0 Å². The van der Waals surface area contributed by atoms with Gasteiger partial charge in [0.15, 0.2) is 0 Å². The number of hydrogen-bond donors (Lipinski definition) is 2. The van der Waals surface area contributed by atoms with Gasteiger partial charge in [0.05, 0.1) is 0 Å². The molecule has 2 nitrogen and oxygen atoms in total. The lowest BCUT2D eigenvalue weighted by Crippen LogP contribution is -2.29. The topological polar surface area (TPSA) is 32.3 Å². The molecule has 0 amide bonds. The zero-order valence-electron chi connectivity index (χ0n) is 10.5. The van der Waals surface area contributed by atoms with Crippen LogP contribution in [-0.2, 0) is 6.42 Å². The Labute approximate surface area is 103 Å². The molecule has 96 valence electrons. The third-order valence-electron chi connectivity index (χ3n) is 2.81. The van der Waals surface area contributed by atoms with Crippen molar-refractivity contribution >= 4 is 0 Å². The van der Waals surface area contributed by atoms with Crippen LogP contribution in [0.25, 0.3) is 0 Å². The Morgan fingerprint density at radius 1 is 1.24 bits per heavy atom. The highest BCUT2D eigenvalue weighted by atomic mass is 19.1. The summed E-state index contributed by atoms with van der Waals surface area (Å²) >= 11 is 0. The maximum absolute atomic E-state index is 13.4. The lowest BCUT2D eigenvalue weighted by molar-refractivity contribution is 0.282. The average molecular weight is 239 g/mol. The molecular weight excluding hydrogens is 217 g/mol. The van der Waals surface area contributed by atoms with E-state index in [1.165, 1.54) is 6.07 Å². The Morgan fingerprint density at radius 2 is 2.00 bits per heavy atom. The van der Waals surface area contributed by atoms with E-state index in [-0.39, 0.29) is 18.5 Å². The fourth-order valence-electron chi connectivity index (χ4n) is 1.83. The SMILES string of the molecule is CC(Cc1ccccc1F)NCCCCCO. The smallest absolute Gasteiger partial charge is 0.126 e. The van der Waals surface area contributed by atoms with Crippen LogP contribution in [0.4, 0.5) is 4.39 Å². The van der Waals surface area contributed by atoms with E-state index in [1.807, 2.05) is 12.1 Å². The average Bonchev–Trinajstić information content (AvgIpc) is 2.32. The van der Waals surface area contributed by atoms with Crippen molar-refractivity contribution in [3.05, 3.63) is 35.6 Å². The molecule has 0 fully saturated rings. The second-order valence-corrected chi connectivity index (χ2v) is 4.43. The standard InChI is InChI=1S/C14H22FNO/c1-12(16-9-5-2-6-10-17)11-13-7-3-4-8-14(13)15/h3-4,7-8,12,16-17H,2,5-6,9-11H2,1H3. The van der Waals surface area contributed by atoms with Gasteiger partial charge in [-0.3, -0.25) is 0 Å². The van der Waals surface area contributed by atoms with Crippen molar-refractivity contribution in [3.63, 3.8) is 0 Å². The number of aliphatic hydroxyl groups excluding tert-OH is 1. The lowest BCUT2D eigenvalue weighted by atomic mass is 10.1. The highest BCUT2D eigenvalue weighted by Gasteiger charge is 2.06. The number of unbranched alkanes of at least 4 members (excludes halogenated alkanes) is 2. The van der Waals surface area contributed by atoms with E-state index in [0.29, 0.717) is 6.42 Å². The molecule has 0 aliphatic rings. The Hall–Kier alpha value is -0.930. The van der Waals surface area contributed by atoms with Crippen LogP contribution in [0.5, 0.6) is 0 Å². The molecule has 2 N–H and O–H groups in total. The van der Waals surface area contributed by atoms with Crippen molar-refractivity contribution in [2.75, 3.05) is 13.2 Å². The highest BCUT2D eigenvalue weighted by Crippen LogP contribution is 2.09. The van der Waals surface area contributed by atoms with Gasteiger partial charge in [-0.15, -0.1) is 0 Å². The molecule has 0 spiro atoms. The summed E-state index contributed by atoms with van der Waals surface area (Å²) < 4.78 is 13.4. The Kier molecular flexibility index (Phi) is 6.82. The van der Waals surface area contributed by atoms with E-state index >= 15 is 0 Å². The van der Waals surface area contributed by atoms with Crippen LogP contribution in [0.1, 0.15) is 31.7 Å². The zero-order valence-corrected chi connectivity index (χ0v) is 10.5. The van der Waals surface area contributed by atoms with E-state index in [1.54, 1.807) is 6.07 Å². The van der Waals surface area contributed by atoms with Crippen LogP contribution in [0.15, 0.2) is 24.3 Å². The van der Waals surface area contributed by atoms with E-state index in [4.69, 9.17) is 5.11 Å². The molecule has 1 rings (SSSR count). The number of benzene rings is 1. The van der Waals surface area contributed by atoms with Gasteiger partial charge in [0.25, 0.3) is 0 Å². The molecule has 3 heteroatoms. The molecule has 0 aliphatic heterocycles. The molecule has 0 saturated heterocycles. The predicted molar refractivity (Wildman–Crippen MR) is 68.5 cm³/mol. The molecule has 0 saturated carbocycles.